The van der Waals surface area contributed by atoms with Crippen LogP contribution in [0.4, 0.5) is 10.8 Å². The minimum atomic E-state index is -0.552. The van der Waals surface area contributed by atoms with E-state index < -0.39 is 10.8 Å². The van der Waals surface area contributed by atoms with Crippen LogP contribution in [0, 0.1) is 34.3 Å². The first-order valence-corrected chi connectivity index (χ1v) is 9.26. The molecule has 1 aliphatic carbocycles. The topological polar surface area (TPSA) is 114 Å². The highest BCUT2D eigenvalue weighted by atomic mass is 32.1. The summed E-state index contributed by atoms with van der Waals surface area (Å²) >= 11 is 1.48. The maximum Gasteiger partial charge on any atom is 0.390 e. The van der Waals surface area contributed by atoms with Gasteiger partial charge in [-0.15, -0.1) is 11.3 Å². The fraction of sp³-hybridized carbons (Fsp3) is 0.471. The fourth-order valence-corrected chi connectivity index (χ4v) is 4.36. The van der Waals surface area contributed by atoms with Gasteiger partial charge in [-0.2, -0.15) is 9.94 Å². The van der Waals surface area contributed by atoms with Crippen LogP contribution in [0.15, 0.2) is 6.07 Å². The van der Waals surface area contributed by atoms with E-state index in [2.05, 4.69) is 16.5 Å². The molecule has 1 N–H and O–H groups in total. The number of hydrogen-bond acceptors (Lipinski definition) is 6. The second-order valence-corrected chi connectivity index (χ2v) is 7.61. The van der Waals surface area contributed by atoms with E-state index >= 15 is 0 Å². The Morgan fingerprint density at radius 1 is 1.54 bits per heavy atom. The van der Waals surface area contributed by atoms with Gasteiger partial charge in [0.2, 0.25) is 5.91 Å². The summed E-state index contributed by atoms with van der Waals surface area (Å²) in [5.41, 5.74) is 2.28. The summed E-state index contributed by atoms with van der Waals surface area (Å²) in [5, 5.41) is 27.7. The quantitative estimate of drug-likeness (QED) is 0.638. The van der Waals surface area contributed by atoms with Gasteiger partial charge < -0.3 is 15.4 Å². The Hall–Kier alpha value is -2.73. The molecular weight excluding hydrogens is 354 g/mol. The minimum absolute atomic E-state index is 0.224. The number of fused-ring (bicyclic) bond motifs is 1. The smallest absolute Gasteiger partial charge is 0.358 e. The molecule has 1 unspecified atom stereocenters. The number of carbonyl (C=O) groups excluding carboxylic acids is 1. The minimum Gasteiger partial charge on any atom is -0.358 e. The summed E-state index contributed by atoms with van der Waals surface area (Å²) in [6.45, 7) is 3.69. The number of nitrogens with zero attached hydrogens (tertiary/aromatic N) is 4. The summed E-state index contributed by atoms with van der Waals surface area (Å²) in [6, 6.07) is 3.61. The Labute approximate surface area is 154 Å². The van der Waals surface area contributed by atoms with E-state index in [1.165, 1.54) is 27.0 Å². The van der Waals surface area contributed by atoms with E-state index in [0.29, 0.717) is 16.3 Å². The summed E-state index contributed by atoms with van der Waals surface area (Å²) in [6.07, 6.45) is 4.02. The van der Waals surface area contributed by atoms with E-state index in [1.54, 1.807) is 13.8 Å². The van der Waals surface area contributed by atoms with E-state index in [4.69, 9.17) is 0 Å². The van der Waals surface area contributed by atoms with Crippen molar-refractivity contribution in [3.63, 3.8) is 0 Å². The predicted octanol–water partition coefficient (Wildman–Crippen LogP) is 3.19. The van der Waals surface area contributed by atoms with Gasteiger partial charge in [-0.25, -0.2) is 0 Å². The first-order chi connectivity index (χ1) is 12.4. The number of hydrogen-bond donors (Lipinski definition) is 1. The summed E-state index contributed by atoms with van der Waals surface area (Å²) in [5.74, 6) is -0.899. The van der Waals surface area contributed by atoms with Crippen LogP contribution in [-0.2, 0) is 24.2 Å². The number of nitro groups is 1. The molecule has 3 rings (SSSR count). The van der Waals surface area contributed by atoms with Crippen LogP contribution in [0.3, 0.4) is 0 Å². The molecule has 0 spiro atoms. The lowest BCUT2D eigenvalue weighted by Crippen LogP contribution is -2.25. The lowest BCUT2D eigenvalue weighted by molar-refractivity contribution is -0.389. The predicted molar refractivity (Wildman–Crippen MR) is 97.1 cm³/mol. The van der Waals surface area contributed by atoms with Crippen LogP contribution < -0.4 is 5.32 Å². The van der Waals surface area contributed by atoms with Crippen molar-refractivity contribution in [2.24, 2.45) is 5.92 Å². The number of rotatable bonds is 5. The third-order valence-corrected chi connectivity index (χ3v) is 5.78. The number of amides is 1. The number of aromatic nitrogens is 2. The molecule has 1 atom stereocenters. The number of anilines is 1. The highest BCUT2D eigenvalue weighted by Crippen LogP contribution is 2.37. The van der Waals surface area contributed by atoms with Gasteiger partial charge in [0.15, 0.2) is 0 Å². The maximum absolute atomic E-state index is 12.6. The Balaban J connectivity index is 1.73. The van der Waals surface area contributed by atoms with Crippen molar-refractivity contribution in [1.29, 1.82) is 5.26 Å². The first kappa shape index (κ1) is 18.1. The zero-order valence-corrected chi connectivity index (χ0v) is 15.4. The van der Waals surface area contributed by atoms with Crippen molar-refractivity contribution >= 4 is 28.1 Å². The Kier molecular flexibility index (Phi) is 5.04. The molecule has 0 saturated carbocycles. The Morgan fingerprint density at radius 3 is 2.92 bits per heavy atom. The molecule has 9 heteroatoms. The molecule has 0 fully saturated rings. The summed E-state index contributed by atoms with van der Waals surface area (Å²) in [4.78, 5) is 24.0. The van der Waals surface area contributed by atoms with Crippen molar-refractivity contribution < 1.29 is 9.72 Å². The van der Waals surface area contributed by atoms with Gasteiger partial charge in [-0.05, 0) is 43.1 Å². The average molecular weight is 373 g/mol. The van der Waals surface area contributed by atoms with E-state index in [9.17, 15) is 20.2 Å². The fourth-order valence-electron chi connectivity index (χ4n) is 3.12. The first-order valence-electron chi connectivity index (χ1n) is 8.45. The largest absolute Gasteiger partial charge is 0.390 e. The molecule has 0 saturated heterocycles. The van der Waals surface area contributed by atoms with Gasteiger partial charge in [0.25, 0.3) is 0 Å². The summed E-state index contributed by atoms with van der Waals surface area (Å²) in [7, 11) is 0. The molecule has 8 nitrogen and oxygen atoms in total. The number of thiophene rings is 1. The van der Waals surface area contributed by atoms with Crippen molar-refractivity contribution in [3.05, 3.63) is 37.9 Å². The summed E-state index contributed by atoms with van der Waals surface area (Å²) < 4.78 is 1.47. The molecule has 1 aliphatic rings. The number of nitriles is 1. The van der Waals surface area contributed by atoms with E-state index in [0.717, 1.165) is 31.2 Å². The second-order valence-electron chi connectivity index (χ2n) is 6.50. The van der Waals surface area contributed by atoms with E-state index in [-0.39, 0.29) is 18.3 Å². The maximum atomic E-state index is 12.6. The molecule has 0 radical (unpaired) electrons. The molecule has 26 heavy (non-hydrogen) atoms. The van der Waals surface area contributed by atoms with Crippen LogP contribution >= 0.6 is 11.3 Å². The lowest BCUT2D eigenvalue weighted by Gasteiger charge is -2.11. The highest BCUT2D eigenvalue weighted by Gasteiger charge is 2.25. The van der Waals surface area contributed by atoms with Gasteiger partial charge in [0.05, 0.1) is 34.9 Å². The molecule has 0 bridgehead atoms. The van der Waals surface area contributed by atoms with Crippen molar-refractivity contribution in [3.8, 4) is 6.07 Å². The monoisotopic (exact) mass is 373 g/mol. The lowest BCUT2D eigenvalue weighted by atomic mass is 9.96. The average Bonchev–Trinajstić information content (AvgIpc) is 3.14. The molecule has 0 aromatic carbocycles. The van der Waals surface area contributed by atoms with Crippen molar-refractivity contribution in [1.82, 2.24) is 9.78 Å². The molecular formula is C17H19N5O3S. The van der Waals surface area contributed by atoms with Crippen LogP contribution in [0.2, 0.25) is 0 Å². The van der Waals surface area contributed by atoms with E-state index in [1.807, 2.05) is 0 Å². The van der Waals surface area contributed by atoms with Crippen molar-refractivity contribution in [2.75, 3.05) is 5.32 Å². The molecule has 0 aliphatic heterocycles. The number of carbonyl (C=O) groups is 1. The third-order valence-electron chi connectivity index (χ3n) is 4.57. The van der Waals surface area contributed by atoms with Crippen LogP contribution in [0.5, 0.6) is 0 Å². The Bertz CT molecular complexity index is 908. The zero-order valence-electron chi connectivity index (χ0n) is 14.6. The SMILES string of the molecule is Cc1cc([N+](=O)[O-])nn1CC(C)C(=O)Nc1sc2c(c1C#N)CCCC2. The molecule has 2 aromatic heterocycles. The van der Waals surface area contributed by atoms with Crippen molar-refractivity contribution in [2.45, 2.75) is 46.1 Å². The van der Waals surface area contributed by atoms with Gasteiger partial charge >= 0.3 is 5.82 Å². The van der Waals surface area contributed by atoms with Crippen LogP contribution in [0.25, 0.3) is 0 Å². The van der Waals surface area contributed by atoms with Gasteiger partial charge in [0.1, 0.15) is 11.1 Å². The molecule has 2 aromatic rings. The third kappa shape index (κ3) is 3.46. The Morgan fingerprint density at radius 2 is 2.27 bits per heavy atom. The second kappa shape index (κ2) is 7.25. The highest BCUT2D eigenvalue weighted by molar-refractivity contribution is 7.16. The van der Waals surface area contributed by atoms with Gasteiger partial charge in [-0.1, -0.05) is 6.92 Å². The molecule has 2 heterocycles. The van der Waals surface area contributed by atoms with Crippen LogP contribution in [-0.4, -0.2) is 20.6 Å². The standard InChI is InChI=1S/C17H19N5O3S/c1-10(9-21-11(2)7-15(20-21)22(24)25)16(23)19-17-13(8-18)12-5-3-4-6-14(12)26-17/h7,10H,3-6,9H2,1-2H3,(H,19,23). The zero-order chi connectivity index (χ0) is 18.8. The van der Waals surface area contributed by atoms with Gasteiger partial charge in [-0.3, -0.25) is 4.79 Å². The van der Waals surface area contributed by atoms with Gasteiger partial charge in [0, 0.05) is 4.88 Å². The normalized spacial score (nSPS) is 14.3. The number of aryl methyl sites for hydroxylation is 2. The number of nitrogens with one attached hydrogen (secondary N) is 1. The van der Waals surface area contributed by atoms with Crippen LogP contribution in [0.1, 0.15) is 41.5 Å². The molecule has 136 valence electrons. The molecule has 1 amide bonds.